The van der Waals surface area contributed by atoms with Gasteiger partial charge >= 0.3 is 0 Å². The van der Waals surface area contributed by atoms with Crippen LogP contribution in [-0.2, 0) is 5.41 Å². The molecule has 0 saturated carbocycles. The summed E-state index contributed by atoms with van der Waals surface area (Å²) in [5.74, 6) is 0. The second kappa shape index (κ2) is 7.76. The zero-order chi connectivity index (χ0) is 23.6. The van der Waals surface area contributed by atoms with Crippen LogP contribution in [0, 0.1) is 13.8 Å². The van der Waals surface area contributed by atoms with Crippen LogP contribution in [0.15, 0.2) is 72.9 Å². The first kappa shape index (κ1) is 21.5. The van der Waals surface area contributed by atoms with Crippen LogP contribution in [0.2, 0.25) is 0 Å². The number of benzene rings is 3. The van der Waals surface area contributed by atoms with Crippen molar-refractivity contribution in [2.75, 3.05) is 0 Å². The summed E-state index contributed by atoms with van der Waals surface area (Å²) < 4.78 is 2.66. The number of pyridine rings is 1. The smallest absolute Gasteiger partial charge is 0.0791 e. The zero-order valence-corrected chi connectivity index (χ0v) is 21.8. The average molecular weight is 478 g/mol. The fourth-order valence-corrected chi connectivity index (χ4v) is 7.74. The topological polar surface area (TPSA) is 12.9 Å². The van der Waals surface area contributed by atoms with E-state index in [9.17, 15) is 0 Å². The van der Waals surface area contributed by atoms with E-state index >= 15 is 0 Å². The van der Waals surface area contributed by atoms with Crippen LogP contribution in [0.4, 0.5) is 0 Å². The molecule has 3 aromatic heterocycles. The lowest BCUT2D eigenvalue weighted by Gasteiger charge is -2.23. The molecule has 0 fully saturated rings. The van der Waals surface area contributed by atoms with Crippen molar-refractivity contribution in [1.82, 2.24) is 4.98 Å². The van der Waals surface area contributed by atoms with Crippen LogP contribution in [0.3, 0.4) is 0 Å². The predicted molar refractivity (Wildman–Crippen MR) is 152 cm³/mol. The molecular weight excluding hydrogens is 450 g/mol. The van der Waals surface area contributed by atoms with Gasteiger partial charge in [0.05, 0.1) is 5.69 Å². The van der Waals surface area contributed by atoms with E-state index in [0.29, 0.717) is 0 Å². The molecular formula is C31H27NS2. The van der Waals surface area contributed by atoms with E-state index in [0.717, 1.165) is 5.69 Å². The van der Waals surface area contributed by atoms with Crippen LogP contribution < -0.4 is 0 Å². The van der Waals surface area contributed by atoms with Gasteiger partial charge in [0.2, 0.25) is 0 Å². The van der Waals surface area contributed by atoms with Gasteiger partial charge in [-0.3, -0.25) is 4.98 Å². The van der Waals surface area contributed by atoms with Gasteiger partial charge in [-0.15, -0.1) is 22.7 Å². The van der Waals surface area contributed by atoms with Crippen molar-refractivity contribution >= 4 is 53.6 Å². The first-order valence-corrected chi connectivity index (χ1v) is 13.4. The van der Waals surface area contributed by atoms with Crippen molar-refractivity contribution < 1.29 is 0 Å². The Morgan fingerprint density at radius 2 is 1.38 bits per heavy atom. The maximum Gasteiger partial charge on any atom is 0.0791 e. The summed E-state index contributed by atoms with van der Waals surface area (Å²) >= 11 is 3.80. The lowest BCUT2D eigenvalue weighted by Crippen LogP contribution is -2.12. The molecule has 168 valence electrons. The van der Waals surface area contributed by atoms with Gasteiger partial charge in [-0.2, -0.15) is 0 Å². The molecule has 1 nitrogen and oxygen atoms in total. The van der Waals surface area contributed by atoms with E-state index < -0.39 is 0 Å². The van der Waals surface area contributed by atoms with Gasteiger partial charge < -0.3 is 0 Å². The maximum atomic E-state index is 4.95. The van der Waals surface area contributed by atoms with Crippen LogP contribution in [-0.4, -0.2) is 4.98 Å². The van der Waals surface area contributed by atoms with Crippen LogP contribution in [0.1, 0.15) is 37.5 Å². The number of fused-ring (bicyclic) bond motifs is 3. The predicted octanol–water partition coefficient (Wildman–Crippen LogP) is 9.91. The quantitative estimate of drug-likeness (QED) is 0.242. The highest BCUT2D eigenvalue weighted by atomic mass is 32.1. The van der Waals surface area contributed by atoms with Gasteiger partial charge in [0.15, 0.2) is 0 Å². The van der Waals surface area contributed by atoms with Crippen molar-refractivity contribution in [3.05, 3.63) is 89.6 Å². The Bertz CT molecular complexity index is 1710. The highest BCUT2D eigenvalue weighted by Crippen LogP contribution is 2.47. The summed E-state index contributed by atoms with van der Waals surface area (Å²) in [6.07, 6.45) is 1.97. The summed E-state index contributed by atoms with van der Waals surface area (Å²) in [5.41, 5.74) is 6.43. The molecule has 0 atom stereocenters. The first-order chi connectivity index (χ1) is 16.3. The first-order valence-electron chi connectivity index (χ1n) is 11.7. The second-order valence-electron chi connectivity index (χ2n) is 10.1. The normalized spacial score (nSPS) is 12.3. The molecule has 0 bridgehead atoms. The Balaban J connectivity index is 1.62. The standard InChI is InChI=1S/C31H27NS2/c1-18-22-11-8-9-13-25(22)33-29(18)30-19(2)27-26(34-30)14-15-32-28(27)21-16-20-10-6-7-12-23(20)24(17-21)31(3,4)5/h6-17H,1-5H3. The molecule has 0 aliphatic rings. The lowest BCUT2D eigenvalue weighted by molar-refractivity contribution is 0.596. The minimum atomic E-state index is 0.0482. The van der Waals surface area contributed by atoms with E-state index in [4.69, 9.17) is 4.98 Å². The molecule has 0 saturated heterocycles. The zero-order valence-electron chi connectivity index (χ0n) is 20.2. The van der Waals surface area contributed by atoms with Gasteiger partial charge in [0, 0.05) is 36.3 Å². The summed E-state index contributed by atoms with van der Waals surface area (Å²) in [5, 5.41) is 5.25. The fourth-order valence-electron chi connectivity index (χ4n) is 5.09. The Hall–Kier alpha value is -3.01. The van der Waals surface area contributed by atoms with Crippen molar-refractivity contribution in [3.63, 3.8) is 0 Å². The Morgan fingerprint density at radius 1 is 0.706 bits per heavy atom. The number of thiophene rings is 2. The van der Waals surface area contributed by atoms with Crippen molar-refractivity contribution in [1.29, 1.82) is 0 Å². The number of hydrogen-bond donors (Lipinski definition) is 0. The van der Waals surface area contributed by atoms with E-state index in [1.807, 2.05) is 28.9 Å². The van der Waals surface area contributed by atoms with E-state index in [-0.39, 0.29) is 5.41 Å². The monoisotopic (exact) mass is 477 g/mol. The molecule has 3 heterocycles. The van der Waals surface area contributed by atoms with Gasteiger partial charge in [-0.05, 0) is 76.4 Å². The minimum absolute atomic E-state index is 0.0482. The van der Waals surface area contributed by atoms with E-state index in [1.54, 1.807) is 0 Å². The van der Waals surface area contributed by atoms with Crippen molar-refractivity contribution in [2.24, 2.45) is 0 Å². The van der Waals surface area contributed by atoms with Crippen LogP contribution in [0.25, 0.3) is 52.0 Å². The molecule has 3 aromatic carbocycles. The SMILES string of the molecule is Cc1c(-c2sc3ccnc(-c4cc(C(C)(C)C)c5ccccc5c4)c3c2C)sc2ccccc12. The number of aryl methyl sites for hydroxylation is 2. The van der Waals surface area contributed by atoms with Crippen molar-refractivity contribution in [2.45, 2.75) is 40.0 Å². The molecule has 0 unspecified atom stereocenters. The highest BCUT2D eigenvalue weighted by Gasteiger charge is 2.22. The van der Waals surface area contributed by atoms with Gasteiger partial charge in [0.1, 0.15) is 0 Å². The Kier molecular flexibility index (Phi) is 4.91. The molecule has 6 rings (SSSR count). The molecule has 0 amide bonds. The van der Waals surface area contributed by atoms with Crippen LogP contribution >= 0.6 is 22.7 Å². The third-order valence-electron chi connectivity index (χ3n) is 6.83. The van der Waals surface area contributed by atoms with Gasteiger partial charge in [-0.25, -0.2) is 0 Å². The summed E-state index contributed by atoms with van der Waals surface area (Å²) in [4.78, 5) is 7.71. The summed E-state index contributed by atoms with van der Waals surface area (Å²) in [6, 6.07) is 24.3. The largest absolute Gasteiger partial charge is 0.256 e. The Morgan fingerprint density at radius 3 is 2.15 bits per heavy atom. The fraction of sp³-hybridized carbons (Fsp3) is 0.194. The molecule has 0 spiro atoms. The molecule has 0 radical (unpaired) electrons. The average Bonchev–Trinajstić information content (AvgIpc) is 3.34. The molecule has 0 aliphatic carbocycles. The third-order valence-corrected chi connectivity index (χ3v) is 9.53. The molecule has 6 aromatic rings. The lowest BCUT2D eigenvalue weighted by atomic mass is 9.82. The van der Waals surface area contributed by atoms with Crippen LogP contribution in [0.5, 0.6) is 0 Å². The number of hydrogen-bond acceptors (Lipinski definition) is 3. The number of rotatable bonds is 2. The molecule has 0 N–H and O–H groups in total. The van der Waals surface area contributed by atoms with Gasteiger partial charge in [-0.1, -0.05) is 63.2 Å². The number of nitrogens with zero attached hydrogens (tertiary/aromatic N) is 1. The third kappa shape index (κ3) is 3.30. The van der Waals surface area contributed by atoms with Crippen molar-refractivity contribution in [3.8, 4) is 21.0 Å². The van der Waals surface area contributed by atoms with E-state index in [1.165, 1.54) is 63.0 Å². The second-order valence-corrected chi connectivity index (χ2v) is 12.2. The van der Waals surface area contributed by atoms with E-state index in [2.05, 4.69) is 101 Å². The molecule has 3 heteroatoms. The minimum Gasteiger partial charge on any atom is -0.256 e. The summed E-state index contributed by atoms with van der Waals surface area (Å²) in [7, 11) is 0. The van der Waals surface area contributed by atoms with Gasteiger partial charge in [0.25, 0.3) is 0 Å². The molecule has 0 aliphatic heterocycles. The maximum absolute atomic E-state index is 4.95. The Labute approximate surface area is 208 Å². The molecule has 34 heavy (non-hydrogen) atoms. The number of aromatic nitrogens is 1. The summed E-state index contributed by atoms with van der Waals surface area (Å²) in [6.45, 7) is 11.4. The highest BCUT2D eigenvalue weighted by molar-refractivity contribution is 7.28.